The second-order valence-corrected chi connectivity index (χ2v) is 5.07. The number of aliphatic hydroxyl groups excluding tert-OH is 1. The lowest BCUT2D eigenvalue weighted by atomic mass is 10.1. The molecule has 3 N–H and O–H groups in total. The van der Waals surface area contributed by atoms with Gasteiger partial charge in [0.2, 0.25) is 5.91 Å². The number of carbonyl (C=O) groups excluding carboxylic acids is 2. The summed E-state index contributed by atoms with van der Waals surface area (Å²) < 4.78 is 13.2. The Labute approximate surface area is 127 Å². The largest absolute Gasteiger partial charge is 0.396 e. The SMILES string of the molecule is C=C(CCCO)NC(=O)CN1Cc2cc(F)ccc2NC1=O. The molecule has 0 fully saturated rings. The first-order valence-electron chi connectivity index (χ1n) is 6.92. The maximum Gasteiger partial charge on any atom is 0.322 e. The van der Waals surface area contributed by atoms with E-state index in [2.05, 4.69) is 17.2 Å². The molecular weight excluding hydrogens is 289 g/mol. The van der Waals surface area contributed by atoms with E-state index < -0.39 is 11.8 Å². The van der Waals surface area contributed by atoms with Gasteiger partial charge in [-0.1, -0.05) is 6.58 Å². The lowest BCUT2D eigenvalue weighted by molar-refractivity contribution is -0.121. The Kier molecular flexibility index (Phi) is 5.11. The molecule has 1 aromatic carbocycles. The monoisotopic (exact) mass is 307 g/mol. The lowest BCUT2D eigenvalue weighted by Gasteiger charge is -2.29. The van der Waals surface area contributed by atoms with Crippen molar-refractivity contribution in [1.82, 2.24) is 10.2 Å². The van der Waals surface area contributed by atoms with Gasteiger partial charge < -0.3 is 20.6 Å². The Balaban J connectivity index is 1.94. The van der Waals surface area contributed by atoms with Crippen LogP contribution in [0.1, 0.15) is 18.4 Å². The maximum absolute atomic E-state index is 13.2. The van der Waals surface area contributed by atoms with Gasteiger partial charge in [0, 0.05) is 18.0 Å². The number of fused-ring (bicyclic) bond motifs is 1. The van der Waals surface area contributed by atoms with E-state index in [0.717, 1.165) is 0 Å². The highest BCUT2D eigenvalue weighted by molar-refractivity contribution is 5.95. The van der Waals surface area contributed by atoms with Crippen LogP contribution >= 0.6 is 0 Å². The van der Waals surface area contributed by atoms with Crippen LogP contribution < -0.4 is 10.6 Å². The molecule has 0 saturated heterocycles. The van der Waals surface area contributed by atoms with Crippen LogP contribution in [0, 0.1) is 5.82 Å². The van der Waals surface area contributed by atoms with E-state index in [9.17, 15) is 14.0 Å². The molecule has 0 radical (unpaired) electrons. The summed E-state index contributed by atoms with van der Waals surface area (Å²) >= 11 is 0. The zero-order chi connectivity index (χ0) is 16.1. The minimum Gasteiger partial charge on any atom is -0.396 e. The molecule has 1 aromatic rings. The van der Waals surface area contributed by atoms with Crippen molar-refractivity contribution in [3.05, 3.63) is 41.9 Å². The summed E-state index contributed by atoms with van der Waals surface area (Å²) in [6.07, 6.45) is 0.985. The van der Waals surface area contributed by atoms with Gasteiger partial charge in [0.1, 0.15) is 12.4 Å². The molecule has 6 nitrogen and oxygen atoms in total. The van der Waals surface area contributed by atoms with E-state index in [1.54, 1.807) is 0 Å². The number of anilines is 1. The fraction of sp³-hybridized carbons (Fsp3) is 0.333. The highest BCUT2D eigenvalue weighted by atomic mass is 19.1. The van der Waals surface area contributed by atoms with E-state index >= 15 is 0 Å². The molecule has 0 bridgehead atoms. The molecule has 0 saturated carbocycles. The third-order valence-corrected chi connectivity index (χ3v) is 3.24. The van der Waals surface area contributed by atoms with Crippen molar-refractivity contribution in [2.75, 3.05) is 18.5 Å². The lowest BCUT2D eigenvalue weighted by Crippen LogP contribution is -2.44. The third-order valence-electron chi connectivity index (χ3n) is 3.24. The van der Waals surface area contributed by atoms with Gasteiger partial charge in [-0.25, -0.2) is 9.18 Å². The number of hydrogen-bond donors (Lipinski definition) is 3. The van der Waals surface area contributed by atoms with Crippen molar-refractivity contribution in [2.24, 2.45) is 0 Å². The highest BCUT2D eigenvalue weighted by Gasteiger charge is 2.24. The van der Waals surface area contributed by atoms with Crippen LogP contribution in [0.25, 0.3) is 0 Å². The smallest absolute Gasteiger partial charge is 0.322 e. The normalized spacial score (nSPS) is 13.4. The Morgan fingerprint density at radius 3 is 3.00 bits per heavy atom. The van der Waals surface area contributed by atoms with E-state index in [0.29, 0.717) is 29.8 Å². The van der Waals surface area contributed by atoms with Crippen molar-refractivity contribution < 1.29 is 19.1 Å². The fourth-order valence-corrected chi connectivity index (χ4v) is 2.18. The predicted octanol–water partition coefficient (Wildman–Crippen LogP) is 1.58. The Hall–Kier alpha value is -2.41. The molecule has 0 atom stereocenters. The summed E-state index contributed by atoms with van der Waals surface area (Å²) in [5, 5.41) is 13.9. The number of allylic oxidation sites excluding steroid dienone is 1. The van der Waals surface area contributed by atoms with E-state index in [4.69, 9.17) is 5.11 Å². The van der Waals surface area contributed by atoms with Crippen LogP contribution in [0.2, 0.25) is 0 Å². The summed E-state index contributed by atoms with van der Waals surface area (Å²) in [7, 11) is 0. The average Bonchev–Trinajstić information content (AvgIpc) is 2.46. The number of benzene rings is 1. The molecule has 1 heterocycles. The number of urea groups is 1. The first-order valence-corrected chi connectivity index (χ1v) is 6.92. The molecule has 3 amide bonds. The predicted molar refractivity (Wildman–Crippen MR) is 79.4 cm³/mol. The van der Waals surface area contributed by atoms with E-state index in [-0.39, 0.29) is 25.6 Å². The first-order chi connectivity index (χ1) is 10.5. The van der Waals surface area contributed by atoms with Gasteiger partial charge in [0.25, 0.3) is 0 Å². The maximum atomic E-state index is 13.2. The number of nitrogens with zero attached hydrogens (tertiary/aromatic N) is 1. The van der Waals surface area contributed by atoms with E-state index in [1.807, 2.05) is 0 Å². The number of hydrogen-bond acceptors (Lipinski definition) is 3. The van der Waals surface area contributed by atoms with Crippen LogP contribution in [0.3, 0.4) is 0 Å². The van der Waals surface area contributed by atoms with Crippen molar-refractivity contribution >= 4 is 17.6 Å². The molecule has 22 heavy (non-hydrogen) atoms. The van der Waals surface area contributed by atoms with Crippen LogP contribution in [-0.2, 0) is 11.3 Å². The summed E-state index contributed by atoms with van der Waals surface area (Å²) in [5.41, 5.74) is 1.66. The molecule has 0 spiro atoms. The summed E-state index contributed by atoms with van der Waals surface area (Å²) in [5.74, 6) is -0.769. The van der Waals surface area contributed by atoms with Crippen LogP contribution in [-0.4, -0.2) is 35.1 Å². The van der Waals surface area contributed by atoms with Gasteiger partial charge in [-0.3, -0.25) is 4.79 Å². The summed E-state index contributed by atoms with van der Waals surface area (Å²) in [6, 6.07) is 3.69. The average molecular weight is 307 g/mol. The molecule has 0 aromatic heterocycles. The van der Waals surface area contributed by atoms with Gasteiger partial charge in [-0.05, 0) is 36.6 Å². The van der Waals surface area contributed by atoms with Gasteiger partial charge >= 0.3 is 6.03 Å². The van der Waals surface area contributed by atoms with Crippen molar-refractivity contribution in [2.45, 2.75) is 19.4 Å². The second-order valence-electron chi connectivity index (χ2n) is 5.07. The van der Waals surface area contributed by atoms with Crippen LogP contribution in [0.4, 0.5) is 14.9 Å². The number of rotatable bonds is 6. The standard InChI is InChI=1S/C15H18FN3O3/c1-10(3-2-6-20)17-14(21)9-19-8-11-7-12(16)4-5-13(11)18-15(19)22/h4-5,7,20H,1-3,6,8-9H2,(H,17,21)(H,18,22). The first kappa shape index (κ1) is 16.0. The highest BCUT2D eigenvalue weighted by Crippen LogP contribution is 2.23. The fourth-order valence-electron chi connectivity index (χ4n) is 2.18. The third kappa shape index (κ3) is 4.05. The van der Waals surface area contributed by atoms with Crippen molar-refractivity contribution in [3.63, 3.8) is 0 Å². The molecule has 0 aliphatic carbocycles. The van der Waals surface area contributed by atoms with Gasteiger partial charge in [0.15, 0.2) is 0 Å². The molecule has 1 aliphatic heterocycles. The molecular formula is C15H18FN3O3. The second kappa shape index (κ2) is 7.04. The Morgan fingerprint density at radius 1 is 1.50 bits per heavy atom. The van der Waals surface area contributed by atoms with Crippen LogP contribution in [0.5, 0.6) is 0 Å². The quantitative estimate of drug-likeness (QED) is 0.746. The summed E-state index contributed by atoms with van der Waals surface area (Å²) in [4.78, 5) is 25.1. The number of amides is 3. The van der Waals surface area contributed by atoms with Crippen LogP contribution in [0.15, 0.2) is 30.5 Å². The Morgan fingerprint density at radius 2 is 2.27 bits per heavy atom. The minimum atomic E-state index is -0.407. The Bertz CT molecular complexity index is 604. The number of aliphatic hydroxyl groups is 1. The van der Waals surface area contributed by atoms with Gasteiger partial charge in [-0.2, -0.15) is 0 Å². The molecule has 118 valence electrons. The van der Waals surface area contributed by atoms with Gasteiger partial charge in [0.05, 0.1) is 6.54 Å². The van der Waals surface area contributed by atoms with Crippen molar-refractivity contribution in [1.29, 1.82) is 0 Å². The zero-order valence-electron chi connectivity index (χ0n) is 12.1. The number of carbonyl (C=O) groups is 2. The number of nitrogens with one attached hydrogen (secondary N) is 2. The zero-order valence-corrected chi connectivity index (χ0v) is 12.1. The molecule has 7 heteroatoms. The molecule has 2 rings (SSSR count). The molecule has 0 unspecified atom stereocenters. The van der Waals surface area contributed by atoms with Crippen molar-refractivity contribution in [3.8, 4) is 0 Å². The molecule has 1 aliphatic rings. The number of halogens is 1. The van der Waals surface area contributed by atoms with Gasteiger partial charge in [-0.15, -0.1) is 0 Å². The minimum absolute atomic E-state index is 0.0196. The van der Waals surface area contributed by atoms with E-state index in [1.165, 1.54) is 23.1 Å². The summed E-state index contributed by atoms with van der Waals surface area (Å²) in [6.45, 7) is 3.71. The topological polar surface area (TPSA) is 81.7 Å².